The lowest BCUT2D eigenvalue weighted by Gasteiger charge is -2.25. The van der Waals surface area contributed by atoms with E-state index in [0.717, 1.165) is 17.8 Å². The van der Waals surface area contributed by atoms with Gasteiger partial charge in [-0.1, -0.05) is 104 Å². The molecule has 0 saturated carbocycles. The molecular weight excluding hydrogens is 288 g/mol. The molecule has 3 atom stereocenters. The van der Waals surface area contributed by atoms with E-state index in [9.17, 15) is 0 Å². The van der Waals surface area contributed by atoms with Crippen LogP contribution in [0.3, 0.4) is 0 Å². The van der Waals surface area contributed by atoms with E-state index in [1.54, 1.807) is 0 Å². The maximum atomic E-state index is 2.47. The second kappa shape index (κ2) is 13.5. The van der Waals surface area contributed by atoms with Gasteiger partial charge in [-0.05, 0) is 49.0 Å². The van der Waals surface area contributed by atoms with Crippen LogP contribution in [0.5, 0.6) is 0 Å². The quantitative estimate of drug-likeness (QED) is 0.426. The average Bonchev–Trinajstić information content (AvgIpc) is 2.54. The fourth-order valence-electron chi connectivity index (χ4n) is 3.25. The van der Waals surface area contributed by atoms with Gasteiger partial charge in [-0.25, -0.2) is 0 Å². The Morgan fingerprint density at radius 2 is 1.29 bits per heavy atom. The minimum absolute atomic E-state index is 0.692. The van der Waals surface area contributed by atoms with E-state index < -0.39 is 0 Å². The molecule has 0 aliphatic heterocycles. The van der Waals surface area contributed by atoms with E-state index >= 15 is 0 Å². The molecule has 0 fully saturated rings. The van der Waals surface area contributed by atoms with Gasteiger partial charge in [0.05, 0.1) is 0 Å². The summed E-state index contributed by atoms with van der Waals surface area (Å²) in [5.41, 5.74) is 2.87. The van der Waals surface area contributed by atoms with Crippen LogP contribution in [0, 0.1) is 24.7 Å². The fourth-order valence-corrected chi connectivity index (χ4v) is 3.25. The summed E-state index contributed by atoms with van der Waals surface area (Å²) >= 11 is 0. The first-order valence-electron chi connectivity index (χ1n) is 10.4. The number of hydrogen-bond donors (Lipinski definition) is 0. The first-order chi connectivity index (χ1) is 11.3. The van der Waals surface area contributed by atoms with Crippen molar-refractivity contribution in [2.24, 2.45) is 17.8 Å². The Morgan fingerprint density at radius 3 is 1.75 bits per heavy atom. The van der Waals surface area contributed by atoms with Crippen molar-refractivity contribution in [1.29, 1.82) is 0 Å². The van der Waals surface area contributed by atoms with Crippen molar-refractivity contribution in [2.45, 2.75) is 99.8 Å². The number of aryl methyl sites for hydroxylation is 1. The molecule has 3 unspecified atom stereocenters. The molecule has 1 aromatic rings. The summed E-state index contributed by atoms with van der Waals surface area (Å²) < 4.78 is 0. The molecule has 0 heteroatoms. The van der Waals surface area contributed by atoms with Crippen molar-refractivity contribution in [3.8, 4) is 0 Å². The number of benzene rings is 1. The maximum absolute atomic E-state index is 2.47. The molecule has 1 aromatic carbocycles. The highest BCUT2D eigenvalue weighted by Crippen LogP contribution is 2.30. The minimum Gasteiger partial charge on any atom is -0.0656 e. The van der Waals surface area contributed by atoms with E-state index in [1.165, 1.54) is 49.7 Å². The Kier molecular flexibility index (Phi) is 13.1. The van der Waals surface area contributed by atoms with Crippen molar-refractivity contribution in [1.82, 2.24) is 0 Å². The minimum atomic E-state index is 0.692. The molecule has 24 heavy (non-hydrogen) atoms. The first-order valence-corrected chi connectivity index (χ1v) is 10.4. The van der Waals surface area contributed by atoms with Crippen LogP contribution in [-0.2, 0) is 0 Å². The zero-order chi connectivity index (χ0) is 18.5. The molecule has 1 rings (SSSR count). The third-order valence-corrected chi connectivity index (χ3v) is 5.15. The first kappa shape index (κ1) is 23.2. The van der Waals surface area contributed by atoms with Crippen LogP contribution in [0.25, 0.3) is 0 Å². The summed E-state index contributed by atoms with van der Waals surface area (Å²) in [6.45, 7) is 18.3. The van der Waals surface area contributed by atoms with Gasteiger partial charge in [0.1, 0.15) is 0 Å². The molecule has 0 nitrogen and oxygen atoms in total. The third-order valence-electron chi connectivity index (χ3n) is 5.15. The van der Waals surface area contributed by atoms with E-state index in [4.69, 9.17) is 0 Å². The monoisotopic (exact) mass is 332 g/mol. The highest BCUT2D eigenvalue weighted by molar-refractivity contribution is 5.23. The molecule has 0 N–H and O–H groups in total. The fraction of sp³-hybridized carbons (Fsp3) is 0.750. The molecule has 0 amide bonds. The van der Waals surface area contributed by atoms with Crippen molar-refractivity contribution in [3.05, 3.63) is 35.4 Å². The van der Waals surface area contributed by atoms with Gasteiger partial charge < -0.3 is 0 Å². The van der Waals surface area contributed by atoms with Crippen molar-refractivity contribution >= 4 is 0 Å². The van der Waals surface area contributed by atoms with Gasteiger partial charge in [0.2, 0.25) is 0 Å². The highest BCUT2D eigenvalue weighted by Gasteiger charge is 2.17. The molecular formula is C24H44. The third kappa shape index (κ3) is 10.2. The molecule has 0 radical (unpaired) electrons. The number of hydrogen-bond acceptors (Lipinski definition) is 0. The van der Waals surface area contributed by atoms with Gasteiger partial charge in [-0.3, -0.25) is 0 Å². The number of rotatable bonds is 9. The summed E-state index contributed by atoms with van der Waals surface area (Å²) in [6.07, 6.45) is 8.07. The standard InChI is InChI=1S/C21H36.C3H8/c1-7-20(18(5)11-8-16(2)3)15-12-19(6)21-13-9-17(4)10-14-21;1-3-2/h9-10,13-14,16,18-20H,7-8,11-12,15H2,1-6H3;3H2,1-2H3. The van der Waals surface area contributed by atoms with Crippen LogP contribution in [0.4, 0.5) is 0 Å². The summed E-state index contributed by atoms with van der Waals surface area (Å²) in [5.74, 6) is 3.31. The van der Waals surface area contributed by atoms with Gasteiger partial charge in [-0.2, -0.15) is 0 Å². The summed E-state index contributed by atoms with van der Waals surface area (Å²) in [4.78, 5) is 0. The lowest BCUT2D eigenvalue weighted by molar-refractivity contribution is 0.281. The molecule has 140 valence electrons. The van der Waals surface area contributed by atoms with E-state index in [-0.39, 0.29) is 0 Å². The topological polar surface area (TPSA) is 0 Å². The molecule has 0 aliphatic carbocycles. The Morgan fingerprint density at radius 1 is 0.750 bits per heavy atom. The Hall–Kier alpha value is -0.780. The normalized spacial score (nSPS) is 14.7. The Balaban J connectivity index is 0.00000163. The van der Waals surface area contributed by atoms with Crippen LogP contribution < -0.4 is 0 Å². The van der Waals surface area contributed by atoms with Crippen LogP contribution in [0.15, 0.2) is 24.3 Å². The van der Waals surface area contributed by atoms with Gasteiger partial charge in [0.15, 0.2) is 0 Å². The van der Waals surface area contributed by atoms with E-state index in [1.807, 2.05) is 0 Å². The van der Waals surface area contributed by atoms with Crippen molar-refractivity contribution in [3.63, 3.8) is 0 Å². The lowest BCUT2D eigenvalue weighted by Crippen LogP contribution is -2.13. The van der Waals surface area contributed by atoms with E-state index in [2.05, 4.69) is 79.7 Å². The van der Waals surface area contributed by atoms with Gasteiger partial charge in [0.25, 0.3) is 0 Å². The van der Waals surface area contributed by atoms with Crippen LogP contribution in [0.1, 0.15) is 104 Å². The predicted octanol–water partition coefficient (Wildman–Crippen LogP) is 8.39. The highest BCUT2D eigenvalue weighted by atomic mass is 14.2. The van der Waals surface area contributed by atoms with Crippen LogP contribution >= 0.6 is 0 Å². The van der Waals surface area contributed by atoms with Gasteiger partial charge in [0, 0.05) is 0 Å². The average molecular weight is 333 g/mol. The molecule has 0 bridgehead atoms. The zero-order valence-electron chi connectivity index (χ0n) is 17.9. The van der Waals surface area contributed by atoms with Crippen molar-refractivity contribution in [2.75, 3.05) is 0 Å². The smallest absolute Gasteiger partial charge is 0.0190 e. The second-order valence-electron chi connectivity index (χ2n) is 8.21. The predicted molar refractivity (Wildman–Crippen MR) is 112 cm³/mol. The Labute approximate surface area is 153 Å². The van der Waals surface area contributed by atoms with Crippen LogP contribution in [-0.4, -0.2) is 0 Å². The Bertz CT molecular complexity index is 387. The SMILES string of the molecule is CCC.CCC(CCC(C)c1ccc(C)cc1)C(C)CCC(C)C. The molecule has 0 saturated heterocycles. The van der Waals surface area contributed by atoms with E-state index in [0.29, 0.717) is 5.92 Å². The molecule has 0 aliphatic rings. The second-order valence-corrected chi connectivity index (χ2v) is 8.21. The summed E-state index contributed by atoms with van der Waals surface area (Å²) in [7, 11) is 0. The molecule has 0 heterocycles. The largest absolute Gasteiger partial charge is 0.0656 e. The molecule has 0 spiro atoms. The lowest BCUT2D eigenvalue weighted by atomic mass is 9.81. The van der Waals surface area contributed by atoms with Crippen molar-refractivity contribution < 1.29 is 0 Å². The van der Waals surface area contributed by atoms with Gasteiger partial charge >= 0.3 is 0 Å². The zero-order valence-corrected chi connectivity index (χ0v) is 17.9. The van der Waals surface area contributed by atoms with Crippen LogP contribution in [0.2, 0.25) is 0 Å². The van der Waals surface area contributed by atoms with Gasteiger partial charge in [-0.15, -0.1) is 0 Å². The summed E-state index contributed by atoms with van der Waals surface area (Å²) in [6, 6.07) is 9.11. The molecule has 0 aromatic heterocycles. The summed E-state index contributed by atoms with van der Waals surface area (Å²) in [5, 5.41) is 0. The maximum Gasteiger partial charge on any atom is -0.0190 e.